The van der Waals surface area contributed by atoms with Gasteiger partial charge in [-0.2, -0.15) is 17.0 Å². The van der Waals surface area contributed by atoms with Crippen molar-refractivity contribution in [2.45, 2.75) is 25.8 Å². The van der Waals surface area contributed by atoms with Crippen molar-refractivity contribution in [3.63, 3.8) is 0 Å². The van der Waals surface area contributed by atoms with E-state index in [1.807, 2.05) is 28.8 Å². The van der Waals surface area contributed by atoms with E-state index in [2.05, 4.69) is 4.98 Å². The zero-order chi connectivity index (χ0) is 18.9. The molecule has 0 aliphatic carbocycles. The fourth-order valence-corrected chi connectivity index (χ4v) is 5.48. The van der Waals surface area contributed by atoms with Crippen LogP contribution in [-0.2, 0) is 21.5 Å². The van der Waals surface area contributed by atoms with Crippen LogP contribution >= 0.6 is 0 Å². The Balaban J connectivity index is 1.31. The highest BCUT2D eigenvalue weighted by Crippen LogP contribution is 2.18. The maximum atomic E-state index is 12.6. The predicted molar refractivity (Wildman–Crippen MR) is 102 cm³/mol. The second-order valence-corrected chi connectivity index (χ2v) is 9.00. The molecular weight excluding hydrogens is 366 g/mol. The number of piperazine rings is 1. The van der Waals surface area contributed by atoms with Crippen molar-refractivity contribution in [1.82, 2.24) is 23.1 Å². The molecule has 0 saturated carbocycles. The first-order chi connectivity index (χ1) is 13.1. The van der Waals surface area contributed by atoms with E-state index >= 15 is 0 Å². The lowest BCUT2D eigenvalue weighted by molar-refractivity contribution is -0.132. The van der Waals surface area contributed by atoms with Crippen LogP contribution in [-0.4, -0.2) is 76.7 Å². The summed E-state index contributed by atoms with van der Waals surface area (Å²) in [6.07, 6.45) is 4.01. The summed E-state index contributed by atoms with van der Waals surface area (Å²) >= 11 is 0. The maximum absolute atomic E-state index is 12.6. The van der Waals surface area contributed by atoms with Crippen molar-refractivity contribution in [3.8, 4) is 0 Å². The van der Waals surface area contributed by atoms with E-state index in [1.54, 1.807) is 15.5 Å². The molecule has 3 heterocycles. The Morgan fingerprint density at radius 1 is 0.963 bits per heavy atom. The molecule has 0 N–H and O–H groups in total. The highest BCUT2D eigenvalue weighted by atomic mass is 32.2. The molecule has 2 saturated heterocycles. The van der Waals surface area contributed by atoms with Crippen molar-refractivity contribution >= 4 is 27.1 Å². The lowest BCUT2D eigenvalue weighted by atomic mass is 10.3. The van der Waals surface area contributed by atoms with Gasteiger partial charge in [-0.15, -0.1) is 0 Å². The lowest BCUT2D eigenvalue weighted by Gasteiger charge is -2.35. The van der Waals surface area contributed by atoms with Gasteiger partial charge in [0.05, 0.1) is 17.4 Å². The molecule has 0 spiro atoms. The summed E-state index contributed by atoms with van der Waals surface area (Å²) in [6, 6.07) is 7.85. The molecule has 1 aromatic heterocycles. The molecule has 0 bridgehead atoms. The van der Waals surface area contributed by atoms with Gasteiger partial charge in [-0.25, -0.2) is 4.98 Å². The lowest BCUT2D eigenvalue weighted by Crippen LogP contribution is -2.53. The Morgan fingerprint density at radius 2 is 1.63 bits per heavy atom. The standard InChI is InChI=1S/C18H25N5O3S/c24-18(7-10-21-15-19-16-5-1-2-6-17(16)21)20-11-13-23(14-12-20)27(25,26)22-8-3-4-9-22/h1-2,5-6,15H,3-4,7-14H2. The largest absolute Gasteiger partial charge is 0.340 e. The van der Waals surface area contributed by atoms with Crippen LogP contribution in [0.25, 0.3) is 11.0 Å². The maximum Gasteiger partial charge on any atom is 0.282 e. The first-order valence-electron chi connectivity index (χ1n) is 9.48. The third-order valence-electron chi connectivity index (χ3n) is 5.40. The number of benzene rings is 1. The molecule has 2 aromatic rings. The van der Waals surface area contributed by atoms with Gasteiger partial charge in [-0.05, 0) is 25.0 Å². The first kappa shape index (κ1) is 18.4. The average Bonchev–Trinajstić information content (AvgIpc) is 3.37. The molecule has 2 fully saturated rings. The van der Waals surface area contributed by atoms with Gasteiger partial charge in [0.25, 0.3) is 10.2 Å². The summed E-state index contributed by atoms with van der Waals surface area (Å²) in [5.74, 6) is 0.0611. The zero-order valence-electron chi connectivity index (χ0n) is 15.3. The summed E-state index contributed by atoms with van der Waals surface area (Å²) in [5, 5.41) is 0. The number of hydrogen-bond donors (Lipinski definition) is 0. The van der Waals surface area contributed by atoms with Crippen LogP contribution in [0.15, 0.2) is 30.6 Å². The minimum absolute atomic E-state index is 0.0611. The number of aromatic nitrogens is 2. The van der Waals surface area contributed by atoms with Gasteiger partial charge in [-0.1, -0.05) is 12.1 Å². The summed E-state index contributed by atoms with van der Waals surface area (Å²) in [6.45, 7) is 3.45. The second kappa shape index (κ2) is 7.57. The molecule has 0 atom stereocenters. The Labute approximate surface area is 159 Å². The number of amides is 1. The van der Waals surface area contributed by atoms with E-state index in [4.69, 9.17) is 0 Å². The Hall–Kier alpha value is -1.97. The van der Waals surface area contributed by atoms with Crippen molar-refractivity contribution in [2.75, 3.05) is 39.3 Å². The number of fused-ring (bicyclic) bond motifs is 1. The van der Waals surface area contributed by atoms with Gasteiger partial charge in [0, 0.05) is 52.2 Å². The monoisotopic (exact) mass is 391 g/mol. The first-order valence-corrected chi connectivity index (χ1v) is 10.9. The topological polar surface area (TPSA) is 78.8 Å². The fourth-order valence-electron chi connectivity index (χ4n) is 3.81. The highest BCUT2D eigenvalue weighted by Gasteiger charge is 2.34. The minimum Gasteiger partial charge on any atom is -0.340 e. The molecule has 0 unspecified atom stereocenters. The number of nitrogens with zero attached hydrogens (tertiary/aromatic N) is 5. The van der Waals surface area contributed by atoms with E-state index in [0.717, 1.165) is 23.9 Å². The molecule has 146 valence electrons. The van der Waals surface area contributed by atoms with E-state index in [9.17, 15) is 13.2 Å². The van der Waals surface area contributed by atoms with E-state index in [1.165, 1.54) is 4.31 Å². The van der Waals surface area contributed by atoms with Crippen molar-refractivity contribution in [3.05, 3.63) is 30.6 Å². The van der Waals surface area contributed by atoms with Gasteiger partial charge in [0.15, 0.2) is 0 Å². The van der Waals surface area contributed by atoms with Crippen LogP contribution in [0.3, 0.4) is 0 Å². The summed E-state index contributed by atoms with van der Waals surface area (Å²) in [5.41, 5.74) is 1.94. The molecule has 8 nitrogen and oxygen atoms in total. The average molecular weight is 391 g/mol. The molecular formula is C18H25N5O3S. The van der Waals surface area contributed by atoms with E-state index in [0.29, 0.717) is 52.2 Å². The van der Waals surface area contributed by atoms with Crippen LogP contribution in [0.5, 0.6) is 0 Å². The number of imidazole rings is 1. The van der Waals surface area contributed by atoms with Crippen molar-refractivity contribution < 1.29 is 13.2 Å². The molecule has 4 rings (SSSR count). The van der Waals surface area contributed by atoms with Crippen LogP contribution in [0.1, 0.15) is 19.3 Å². The normalized spacial score (nSPS) is 19.8. The minimum atomic E-state index is -3.37. The third kappa shape index (κ3) is 3.71. The highest BCUT2D eigenvalue weighted by molar-refractivity contribution is 7.86. The van der Waals surface area contributed by atoms with Gasteiger partial charge in [-0.3, -0.25) is 4.79 Å². The molecule has 2 aliphatic heterocycles. The van der Waals surface area contributed by atoms with Crippen molar-refractivity contribution in [1.29, 1.82) is 0 Å². The predicted octanol–water partition coefficient (Wildman–Crippen LogP) is 0.911. The number of hydrogen-bond acceptors (Lipinski definition) is 4. The molecule has 2 aliphatic rings. The number of carbonyl (C=O) groups excluding carboxylic acids is 1. The van der Waals surface area contributed by atoms with Gasteiger partial charge in [0.2, 0.25) is 5.91 Å². The Bertz CT molecular complexity index is 912. The smallest absolute Gasteiger partial charge is 0.282 e. The summed E-state index contributed by atoms with van der Waals surface area (Å²) in [7, 11) is -3.37. The molecule has 1 amide bonds. The fraction of sp³-hybridized carbons (Fsp3) is 0.556. The Kier molecular flexibility index (Phi) is 5.16. The number of para-hydroxylation sites is 2. The van der Waals surface area contributed by atoms with E-state index < -0.39 is 10.2 Å². The molecule has 0 radical (unpaired) electrons. The van der Waals surface area contributed by atoms with E-state index in [-0.39, 0.29) is 5.91 Å². The Morgan fingerprint density at radius 3 is 2.37 bits per heavy atom. The molecule has 9 heteroatoms. The number of carbonyl (C=O) groups is 1. The molecule has 1 aromatic carbocycles. The van der Waals surface area contributed by atoms with Crippen molar-refractivity contribution in [2.24, 2.45) is 0 Å². The molecule has 27 heavy (non-hydrogen) atoms. The van der Waals surface area contributed by atoms with Crippen LogP contribution in [0.4, 0.5) is 0 Å². The quantitative estimate of drug-likeness (QED) is 0.759. The number of aryl methyl sites for hydroxylation is 1. The number of rotatable bonds is 5. The van der Waals surface area contributed by atoms with Gasteiger partial charge >= 0.3 is 0 Å². The van der Waals surface area contributed by atoms with Crippen LogP contribution in [0.2, 0.25) is 0 Å². The van der Waals surface area contributed by atoms with Gasteiger partial charge < -0.3 is 9.47 Å². The van der Waals surface area contributed by atoms with Crippen LogP contribution in [0, 0.1) is 0 Å². The summed E-state index contributed by atoms with van der Waals surface area (Å²) < 4.78 is 30.3. The SMILES string of the molecule is O=C(CCn1cnc2ccccc21)N1CCN(S(=O)(=O)N2CCCC2)CC1. The summed E-state index contributed by atoms with van der Waals surface area (Å²) in [4.78, 5) is 18.7. The van der Waals surface area contributed by atoms with Crippen LogP contribution < -0.4 is 0 Å². The second-order valence-electron chi connectivity index (χ2n) is 7.07. The third-order valence-corrected chi connectivity index (χ3v) is 7.44. The zero-order valence-corrected chi connectivity index (χ0v) is 16.1. The van der Waals surface area contributed by atoms with Gasteiger partial charge in [0.1, 0.15) is 0 Å².